The Balaban J connectivity index is 0.00000289. The number of aliphatic imine (C=N–C) groups is 2. The molecule has 0 amide bonds. The molecular formula is C31H47N2Ni+. The van der Waals surface area contributed by atoms with Gasteiger partial charge in [0.2, 0.25) is 0 Å². The molecule has 0 spiro atoms. The average molecular weight is 506 g/mol. The van der Waals surface area contributed by atoms with Crippen LogP contribution in [0, 0.1) is 19.3 Å². The van der Waals surface area contributed by atoms with Crippen molar-refractivity contribution in [3.63, 3.8) is 0 Å². The van der Waals surface area contributed by atoms with Crippen molar-refractivity contribution in [3.8, 4) is 0 Å². The van der Waals surface area contributed by atoms with E-state index in [0.717, 1.165) is 25.7 Å². The fourth-order valence-corrected chi connectivity index (χ4v) is 5.02. The number of allylic oxidation sites excluding steroid dienone is 3. The van der Waals surface area contributed by atoms with Crippen LogP contribution in [0.4, 0.5) is 5.69 Å². The van der Waals surface area contributed by atoms with Crippen LogP contribution in [0.2, 0.25) is 0 Å². The van der Waals surface area contributed by atoms with Gasteiger partial charge in [0, 0.05) is 0 Å². The summed E-state index contributed by atoms with van der Waals surface area (Å²) in [5.41, 5.74) is 10.6. The second-order valence-corrected chi connectivity index (χ2v) is 10.8. The molecule has 1 fully saturated rings. The summed E-state index contributed by atoms with van der Waals surface area (Å²) in [7, 11) is 0. The molecule has 0 saturated heterocycles. The van der Waals surface area contributed by atoms with Crippen LogP contribution in [-0.4, -0.2) is 11.4 Å². The van der Waals surface area contributed by atoms with Gasteiger partial charge < -0.3 is 7.43 Å². The van der Waals surface area contributed by atoms with Gasteiger partial charge in [0.1, 0.15) is 0 Å². The van der Waals surface area contributed by atoms with Crippen molar-refractivity contribution >= 4 is 17.1 Å². The number of para-hydroxylation sites is 1. The molecule has 1 saturated carbocycles. The normalized spacial score (nSPS) is 19.2. The quantitative estimate of drug-likeness (QED) is 0.271. The summed E-state index contributed by atoms with van der Waals surface area (Å²) in [4.78, 5) is 10.8. The standard InChI is InChI=1S/C30H44N2.CH3.Ni/c1-19(2)23-13-11-14-24(20(3)4)29(23)31-27-17-9-10-18-28(27)32-30-25(21(5)6)15-12-16-26(30)22(7)8;;/h11,13-15,19-22H,9-10,12,16-18H2,1-8H3;1H3;/q;-1;+2. The van der Waals surface area contributed by atoms with Crippen molar-refractivity contribution < 1.29 is 16.5 Å². The van der Waals surface area contributed by atoms with Crippen LogP contribution < -0.4 is 0 Å². The van der Waals surface area contributed by atoms with Gasteiger partial charge in [-0.1, -0.05) is 79.7 Å². The maximum atomic E-state index is 5.42. The molecule has 2 aliphatic rings. The predicted molar refractivity (Wildman–Crippen MR) is 148 cm³/mol. The van der Waals surface area contributed by atoms with E-state index in [4.69, 9.17) is 9.98 Å². The predicted octanol–water partition coefficient (Wildman–Crippen LogP) is 9.75. The number of hydrogen-bond donors (Lipinski definition) is 0. The summed E-state index contributed by atoms with van der Waals surface area (Å²) in [5, 5.41) is 0. The molecule has 190 valence electrons. The third-order valence-corrected chi connectivity index (χ3v) is 6.92. The zero-order chi connectivity index (χ0) is 23.4. The topological polar surface area (TPSA) is 24.7 Å². The molecule has 1 aromatic rings. The largest absolute Gasteiger partial charge is 2.00 e. The molecule has 0 atom stereocenters. The second kappa shape index (κ2) is 13.6. The van der Waals surface area contributed by atoms with E-state index in [1.54, 1.807) is 0 Å². The molecule has 3 rings (SSSR count). The van der Waals surface area contributed by atoms with E-state index in [1.807, 2.05) is 0 Å². The molecule has 0 unspecified atom stereocenters. The van der Waals surface area contributed by atoms with E-state index >= 15 is 0 Å². The van der Waals surface area contributed by atoms with Gasteiger partial charge in [-0.3, -0.25) is 9.98 Å². The molecule has 2 nitrogen and oxygen atoms in total. The monoisotopic (exact) mass is 505 g/mol. The van der Waals surface area contributed by atoms with Gasteiger partial charge >= 0.3 is 16.5 Å². The smallest absolute Gasteiger partial charge is 0.358 e. The molecule has 0 aromatic heterocycles. The maximum absolute atomic E-state index is 5.42. The van der Waals surface area contributed by atoms with Gasteiger partial charge in [0.25, 0.3) is 0 Å². The number of rotatable bonds is 6. The summed E-state index contributed by atoms with van der Waals surface area (Å²) < 4.78 is 0. The van der Waals surface area contributed by atoms with Crippen molar-refractivity contribution in [1.82, 2.24) is 0 Å². The Morgan fingerprint density at radius 2 is 1.21 bits per heavy atom. The number of hydrogen-bond acceptors (Lipinski definition) is 2. The Labute approximate surface area is 220 Å². The molecule has 1 aromatic carbocycles. The fourth-order valence-electron chi connectivity index (χ4n) is 5.02. The molecule has 0 heterocycles. The third kappa shape index (κ3) is 7.03. The van der Waals surface area contributed by atoms with Gasteiger partial charge in [0.15, 0.2) is 0 Å². The van der Waals surface area contributed by atoms with Crippen molar-refractivity contribution in [1.29, 1.82) is 0 Å². The van der Waals surface area contributed by atoms with E-state index in [0.29, 0.717) is 23.7 Å². The first kappa shape index (κ1) is 30.6. The molecule has 0 radical (unpaired) electrons. The molecule has 2 aliphatic carbocycles. The zero-order valence-electron chi connectivity index (χ0n) is 23.1. The molecule has 0 N–H and O–H groups in total. The third-order valence-electron chi connectivity index (χ3n) is 6.92. The minimum absolute atomic E-state index is 0. The minimum atomic E-state index is 0. The van der Waals surface area contributed by atoms with Gasteiger partial charge in [-0.05, 0) is 84.5 Å². The van der Waals surface area contributed by atoms with Crippen LogP contribution >= 0.6 is 0 Å². The fraction of sp³-hybridized carbons (Fsp3) is 0.581. The van der Waals surface area contributed by atoms with Crippen molar-refractivity contribution in [2.75, 3.05) is 0 Å². The zero-order valence-corrected chi connectivity index (χ0v) is 24.1. The SMILES string of the molecule is CC(C)C1=CCCC(C(C)C)=C1N=C1CCCCC1=Nc1c(C(C)C)cccc1C(C)C.[CH3-].[Ni+2]. The van der Waals surface area contributed by atoms with Crippen LogP contribution in [-0.2, 0) is 16.5 Å². The Morgan fingerprint density at radius 1 is 0.676 bits per heavy atom. The Morgan fingerprint density at radius 3 is 1.68 bits per heavy atom. The van der Waals surface area contributed by atoms with E-state index in [-0.39, 0.29) is 23.9 Å². The Hall–Kier alpha value is -1.47. The van der Waals surface area contributed by atoms with Gasteiger partial charge in [-0.25, -0.2) is 0 Å². The summed E-state index contributed by atoms with van der Waals surface area (Å²) in [6.07, 6.45) is 9.22. The maximum Gasteiger partial charge on any atom is 2.00 e. The number of nitrogens with zero attached hydrogens (tertiary/aromatic N) is 2. The summed E-state index contributed by atoms with van der Waals surface area (Å²) in [6, 6.07) is 6.72. The molecule has 0 bridgehead atoms. The first-order chi connectivity index (χ1) is 15.2. The van der Waals surface area contributed by atoms with Crippen molar-refractivity contribution in [2.24, 2.45) is 21.8 Å². The molecule has 34 heavy (non-hydrogen) atoms. The van der Waals surface area contributed by atoms with Gasteiger partial charge in [-0.15, -0.1) is 0 Å². The molecular weight excluding hydrogens is 459 g/mol. The summed E-state index contributed by atoms with van der Waals surface area (Å²) >= 11 is 0. The Bertz CT molecular complexity index is 916. The van der Waals surface area contributed by atoms with Gasteiger partial charge in [-0.2, -0.15) is 0 Å². The van der Waals surface area contributed by atoms with Gasteiger partial charge in [0.05, 0.1) is 22.8 Å². The summed E-state index contributed by atoms with van der Waals surface area (Å²) in [6.45, 7) is 18.4. The average Bonchev–Trinajstić information content (AvgIpc) is 2.74. The van der Waals surface area contributed by atoms with E-state index in [2.05, 4.69) is 79.7 Å². The first-order valence-corrected chi connectivity index (χ1v) is 12.9. The minimum Gasteiger partial charge on any atom is -0.358 e. The number of benzene rings is 1. The van der Waals surface area contributed by atoms with Crippen LogP contribution in [0.15, 0.2) is 51.1 Å². The van der Waals surface area contributed by atoms with E-state index in [1.165, 1.54) is 57.9 Å². The second-order valence-electron chi connectivity index (χ2n) is 10.8. The molecule has 3 heteroatoms. The van der Waals surface area contributed by atoms with Crippen LogP contribution in [0.1, 0.15) is 117 Å². The van der Waals surface area contributed by atoms with Crippen LogP contribution in [0.25, 0.3) is 0 Å². The van der Waals surface area contributed by atoms with Crippen LogP contribution in [0.5, 0.6) is 0 Å². The molecule has 0 aliphatic heterocycles. The first-order valence-electron chi connectivity index (χ1n) is 12.9. The Kier molecular flexibility index (Phi) is 12.2. The van der Waals surface area contributed by atoms with Crippen molar-refractivity contribution in [2.45, 2.75) is 106 Å². The summed E-state index contributed by atoms with van der Waals surface area (Å²) in [5.74, 6) is 1.96. The van der Waals surface area contributed by atoms with E-state index < -0.39 is 0 Å². The van der Waals surface area contributed by atoms with Crippen LogP contribution in [0.3, 0.4) is 0 Å². The van der Waals surface area contributed by atoms with Crippen molar-refractivity contribution in [3.05, 3.63) is 59.7 Å². The van der Waals surface area contributed by atoms with E-state index in [9.17, 15) is 0 Å².